The maximum atomic E-state index is 5.54. The molecule has 1 heterocycles. The van der Waals surface area contributed by atoms with E-state index < -0.39 is 0 Å². The van der Waals surface area contributed by atoms with Gasteiger partial charge in [-0.3, -0.25) is 0 Å². The van der Waals surface area contributed by atoms with Crippen molar-refractivity contribution in [2.24, 2.45) is 5.92 Å². The fourth-order valence-electron chi connectivity index (χ4n) is 0.615. The van der Waals surface area contributed by atoms with Crippen LogP contribution >= 0.6 is 23.2 Å². The molecular formula is C7H9Cl2N3O. The number of hydrogen-bond donors (Lipinski definition) is 0. The Balaban J connectivity index is 2.66. The zero-order chi connectivity index (χ0) is 9.84. The van der Waals surface area contributed by atoms with Gasteiger partial charge in [-0.2, -0.15) is 15.0 Å². The Bertz CT molecular complexity index is 273. The molecular weight excluding hydrogens is 213 g/mol. The van der Waals surface area contributed by atoms with Gasteiger partial charge in [0, 0.05) is 0 Å². The largest absolute Gasteiger partial charge is 0.463 e. The van der Waals surface area contributed by atoms with Crippen molar-refractivity contribution in [3.05, 3.63) is 10.6 Å². The maximum absolute atomic E-state index is 5.54. The fraction of sp³-hybridized carbons (Fsp3) is 0.571. The van der Waals surface area contributed by atoms with Gasteiger partial charge in [-0.1, -0.05) is 13.8 Å². The van der Waals surface area contributed by atoms with Crippen LogP contribution in [-0.4, -0.2) is 21.6 Å². The molecule has 0 radical (unpaired) electrons. The minimum atomic E-state index is 0.0405. The number of rotatable bonds is 3. The first kappa shape index (κ1) is 10.5. The third-order valence-corrected chi connectivity index (χ3v) is 1.44. The summed E-state index contributed by atoms with van der Waals surface area (Å²) in [6.07, 6.45) is 0. The summed E-state index contributed by atoms with van der Waals surface area (Å²) in [4.78, 5) is 11.1. The van der Waals surface area contributed by atoms with Crippen LogP contribution in [0.3, 0.4) is 0 Å². The zero-order valence-corrected chi connectivity index (χ0v) is 8.80. The van der Waals surface area contributed by atoms with Gasteiger partial charge in [-0.25, -0.2) is 0 Å². The number of hydrogen-bond acceptors (Lipinski definition) is 4. The minimum Gasteiger partial charge on any atom is -0.463 e. The molecule has 0 aliphatic rings. The standard InChI is InChI=1S/C7H9Cl2N3O/c1-4(2)3-13-7-11-5(8)10-6(9)12-7/h4H,3H2,1-2H3. The minimum absolute atomic E-state index is 0.0405. The Labute approximate surface area is 86.3 Å². The van der Waals surface area contributed by atoms with Crippen LogP contribution in [0.1, 0.15) is 13.8 Å². The Morgan fingerprint density at radius 3 is 2.15 bits per heavy atom. The normalized spacial score (nSPS) is 10.5. The van der Waals surface area contributed by atoms with Gasteiger partial charge in [0.05, 0.1) is 6.61 Å². The highest BCUT2D eigenvalue weighted by Crippen LogP contribution is 2.11. The van der Waals surface area contributed by atoms with Gasteiger partial charge in [-0.15, -0.1) is 0 Å². The summed E-state index contributed by atoms with van der Waals surface area (Å²) in [5, 5.41) is 0.0810. The van der Waals surface area contributed by atoms with Gasteiger partial charge in [-0.05, 0) is 29.1 Å². The topological polar surface area (TPSA) is 47.9 Å². The van der Waals surface area contributed by atoms with Gasteiger partial charge in [0.25, 0.3) is 0 Å². The molecule has 6 heteroatoms. The van der Waals surface area contributed by atoms with E-state index in [-0.39, 0.29) is 16.6 Å². The average molecular weight is 222 g/mol. The van der Waals surface area contributed by atoms with Gasteiger partial charge < -0.3 is 4.74 Å². The average Bonchev–Trinajstić information content (AvgIpc) is 1.99. The summed E-state index contributed by atoms with van der Waals surface area (Å²) in [6.45, 7) is 4.56. The quantitative estimate of drug-likeness (QED) is 0.786. The Morgan fingerprint density at radius 1 is 1.15 bits per heavy atom. The first-order chi connectivity index (χ1) is 6.08. The monoisotopic (exact) mass is 221 g/mol. The molecule has 0 amide bonds. The third-order valence-electron chi connectivity index (χ3n) is 1.11. The molecule has 0 aliphatic carbocycles. The van der Waals surface area contributed by atoms with Crippen LogP contribution in [0.25, 0.3) is 0 Å². The molecule has 0 spiro atoms. The van der Waals surface area contributed by atoms with Crippen LogP contribution < -0.4 is 4.74 Å². The highest BCUT2D eigenvalue weighted by molar-refractivity contribution is 6.31. The molecule has 0 N–H and O–H groups in total. The lowest BCUT2D eigenvalue weighted by atomic mass is 10.2. The second-order valence-electron chi connectivity index (χ2n) is 2.86. The molecule has 0 fully saturated rings. The van der Waals surface area contributed by atoms with E-state index in [0.29, 0.717) is 12.5 Å². The van der Waals surface area contributed by atoms with Crippen LogP contribution in [0, 0.1) is 5.92 Å². The Morgan fingerprint density at radius 2 is 1.69 bits per heavy atom. The molecule has 1 aromatic rings. The van der Waals surface area contributed by atoms with E-state index >= 15 is 0 Å². The van der Waals surface area contributed by atoms with Gasteiger partial charge >= 0.3 is 6.01 Å². The molecule has 1 rings (SSSR count). The highest BCUT2D eigenvalue weighted by atomic mass is 35.5. The number of aromatic nitrogens is 3. The molecule has 13 heavy (non-hydrogen) atoms. The van der Waals surface area contributed by atoms with Crippen LogP contribution in [-0.2, 0) is 0 Å². The summed E-state index contributed by atoms with van der Waals surface area (Å²) < 4.78 is 5.20. The van der Waals surface area contributed by atoms with E-state index in [9.17, 15) is 0 Å². The lowest BCUT2D eigenvalue weighted by molar-refractivity contribution is 0.250. The summed E-state index contributed by atoms with van der Waals surface area (Å²) in [5.74, 6) is 0.398. The second-order valence-corrected chi connectivity index (χ2v) is 3.54. The van der Waals surface area contributed by atoms with Gasteiger partial charge in [0.2, 0.25) is 10.6 Å². The van der Waals surface area contributed by atoms with E-state index in [2.05, 4.69) is 15.0 Å². The lowest BCUT2D eigenvalue weighted by Crippen LogP contribution is -2.07. The van der Waals surface area contributed by atoms with Crippen molar-refractivity contribution < 1.29 is 4.74 Å². The van der Waals surface area contributed by atoms with Crippen molar-refractivity contribution in [1.29, 1.82) is 0 Å². The fourth-order valence-corrected chi connectivity index (χ4v) is 0.963. The molecule has 0 aliphatic heterocycles. The number of halogens is 2. The Hall–Kier alpha value is -0.610. The molecule has 1 aromatic heterocycles. The van der Waals surface area contributed by atoms with Gasteiger partial charge in [0.1, 0.15) is 0 Å². The predicted molar refractivity (Wildman–Crippen MR) is 50.2 cm³/mol. The Kier molecular flexibility index (Phi) is 3.69. The predicted octanol–water partition coefficient (Wildman–Crippen LogP) is 2.21. The highest BCUT2D eigenvalue weighted by Gasteiger charge is 2.04. The molecule has 72 valence electrons. The molecule has 0 unspecified atom stereocenters. The zero-order valence-electron chi connectivity index (χ0n) is 7.29. The van der Waals surface area contributed by atoms with Crippen molar-refractivity contribution in [1.82, 2.24) is 15.0 Å². The third kappa shape index (κ3) is 3.74. The molecule has 0 bridgehead atoms. The van der Waals surface area contributed by atoms with E-state index in [1.54, 1.807) is 0 Å². The summed E-state index contributed by atoms with van der Waals surface area (Å²) >= 11 is 11.1. The van der Waals surface area contributed by atoms with Crippen LogP contribution in [0.15, 0.2) is 0 Å². The molecule has 0 saturated carbocycles. The molecule has 0 saturated heterocycles. The SMILES string of the molecule is CC(C)COc1nc(Cl)nc(Cl)n1. The first-order valence-corrected chi connectivity index (χ1v) is 4.53. The summed E-state index contributed by atoms with van der Waals surface area (Å²) in [5.41, 5.74) is 0. The summed E-state index contributed by atoms with van der Waals surface area (Å²) in [7, 11) is 0. The van der Waals surface area contributed by atoms with Crippen molar-refractivity contribution >= 4 is 23.2 Å². The second kappa shape index (κ2) is 4.58. The first-order valence-electron chi connectivity index (χ1n) is 3.78. The van der Waals surface area contributed by atoms with E-state index in [1.807, 2.05) is 13.8 Å². The molecule has 4 nitrogen and oxygen atoms in total. The number of ether oxygens (including phenoxy) is 1. The number of nitrogens with zero attached hydrogens (tertiary/aromatic N) is 3. The van der Waals surface area contributed by atoms with Crippen molar-refractivity contribution in [2.45, 2.75) is 13.8 Å². The van der Waals surface area contributed by atoms with Crippen molar-refractivity contribution in [3.63, 3.8) is 0 Å². The van der Waals surface area contributed by atoms with Crippen molar-refractivity contribution in [2.75, 3.05) is 6.61 Å². The smallest absolute Gasteiger partial charge is 0.322 e. The molecule has 0 atom stereocenters. The molecule has 0 aromatic carbocycles. The van der Waals surface area contributed by atoms with Crippen LogP contribution in [0.5, 0.6) is 6.01 Å². The van der Waals surface area contributed by atoms with E-state index in [4.69, 9.17) is 27.9 Å². The van der Waals surface area contributed by atoms with Crippen LogP contribution in [0.4, 0.5) is 0 Å². The van der Waals surface area contributed by atoms with Gasteiger partial charge in [0.15, 0.2) is 0 Å². The van der Waals surface area contributed by atoms with E-state index in [0.717, 1.165) is 0 Å². The maximum Gasteiger partial charge on any atom is 0.322 e. The van der Waals surface area contributed by atoms with Crippen LogP contribution in [0.2, 0.25) is 10.6 Å². The lowest BCUT2D eigenvalue weighted by Gasteiger charge is -2.05. The summed E-state index contributed by atoms with van der Waals surface area (Å²) in [6, 6.07) is 0.165. The van der Waals surface area contributed by atoms with E-state index in [1.165, 1.54) is 0 Å². The van der Waals surface area contributed by atoms with Crippen molar-refractivity contribution in [3.8, 4) is 6.01 Å².